The highest BCUT2D eigenvalue weighted by atomic mass is 16.5. The summed E-state index contributed by atoms with van der Waals surface area (Å²) in [6.45, 7) is 3.70. The van der Waals surface area contributed by atoms with Crippen molar-refractivity contribution in [2.24, 2.45) is 0 Å². The molecule has 0 aliphatic rings. The van der Waals surface area contributed by atoms with Crippen LogP contribution in [0.4, 0.5) is 0 Å². The second kappa shape index (κ2) is 5.91. The van der Waals surface area contributed by atoms with Crippen molar-refractivity contribution in [1.29, 1.82) is 0 Å². The Morgan fingerprint density at radius 1 is 0.857 bits per heavy atom. The van der Waals surface area contributed by atoms with Crippen molar-refractivity contribution < 1.29 is 18.9 Å². The van der Waals surface area contributed by atoms with Crippen LogP contribution in [0.5, 0.6) is 17.2 Å². The van der Waals surface area contributed by atoms with Crippen LogP contribution in [0.1, 0.15) is 11.3 Å². The maximum absolute atomic E-state index is 11.6. The SMILES string of the molecule is COc1ccc(-c2cc[n+]([O-])c(C)c2C)c(OC)c1OC. The highest BCUT2D eigenvalue weighted by Crippen LogP contribution is 2.44. The van der Waals surface area contributed by atoms with E-state index < -0.39 is 0 Å². The Morgan fingerprint density at radius 3 is 2.10 bits per heavy atom. The molecule has 0 fully saturated rings. The molecule has 0 bridgehead atoms. The zero-order valence-corrected chi connectivity index (χ0v) is 12.9. The van der Waals surface area contributed by atoms with Crippen LogP contribution in [0, 0.1) is 19.1 Å². The number of hydrogen-bond donors (Lipinski definition) is 0. The van der Waals surface area contributed by atoms with Crippen LogP contribution < -0.4 is 18.9 Å². The number of methoxy groups -OCH3 is 3. The van der Waals surface area contributed by atoms with E-state index in [-0.39, 0.29) is 0 Å². The lowest BCUT2D eigenvalue weighted by Crippen LogP contribution is -2.30. The van der Waals surface area contributed by atoms with Crippen molar-refractivity contribution in [2.45, 2.75) is 13.8 Å². The lowest BCUT2D eigenvalue weighted by Gasteiger charge is -2.17. The molecule has 0 radical (unpaired) electrons. The smallest absolute Gasteiger partial charge is 0.203 e. The fraction of sp³-hybridized carbons (Fsp3) is 0.312. The summed E-state index contributed by atoms with van der Waals surface area (Å²) in [7, 11) is 4.73. The number of nitrogens with zero attached hydrogens (tertiary/aromatic N) is 1. The average molecular weight is 289 g/mol. The van der Waals surface area contributed by atoms with Crippen molar-refractivity contribution in [1.82, 2.24) is 0 Å². The lowest BCUT2D eigenvalue weighted by molar-refractivity contribution is -0.612. The summed E-state index contributed by atoms with van der Waals surface area (Å²) in [4.78, 5) is 0. The molecule has 0 saturated carbocycles. The van der Waals surface area contributed by atoms with E-state index in [0.717, 1.165) is 21.4 Å². The molecule has 21 heavy (non-hydrogen) atoms. The zero-order valence-electron chi connectivity index (χ0n) is 12.9. The Hall–Kier alpha value is -2.43. The molecular formula is C16H19NO4. The minimum Gasteiger partial charge on any atom is -0.619 e. The molecule has 0 spiro atoms. The molecule has 1 heterocycles. The molecular weight excluding hydrogens is 270 g/mol. The minimum atomic E-state index is 0.536. The fourth-order valence-electron chi connectivity index (χ4n) is 2.34. The number of aromatic nitrogens is 1. The molecule has 112 valence electrons. The van der Waals surface area contributed by atoms with Crippen molar-refractivity contribution in [3.05, 3.63) is 40.9 Å². The molecule has 0 unspecified atom stereocenters. The van der Waals surface area contributed by atoms with E-state index in [1.165, 1.54) is 6.20 Å². The summed E-state index contributed by atoms with van der Waals surface area (Å²) >= 11 is 0. The number of ether oxygens (including phenoxy) is 3. The quantitative estimate of drug-likeness (QED) is 0.641. The molecule has 1 aromatic heterocycles. The highest BCUT2D eigenvalue weighted by molar-refractivity contribution is 5.78. The third-order valence-electron chi connectivity index (χ3n) is 3.65. The van der Waals surface area contributed by atoms with Gasteiger partial charge in [0, 0.05) is 29.7 Å². The van der Waals surface area contributed by atoms with Crippen LogP contribution in [0.3, 0.4) is 0 Å². The van der Waals surface area contributed by atoms with E-state index in [1.54, 1.807) is 34.3 Å². The zero-order chi connectivity index (χ0) is 15.6. The van der Waals surface area contributed by atoms with E-state index in [0.29, 0.717) is 22.9 Å². The predicted octanol–water partition coefficient (Wildman–Crippen LogP) is 2.63. The molecule has 2 rings (SSSR count). The van der Waals surface area contributed by atoms with Crippen molar-refractivity contribution in [3.8, 4) is 28.4 Å². The van der Waals surface area contributed by atoms with Gasteiger partial charge in [-0.3, -0.25) is 0 Å². The molecule has 5 heteroatoms. The molecule has 5 nitrogen and oxygen atoms in total. The molecule has 0 amide bonds. The van der Waals surface area contributed by atoms with E-state index in [4.69, 9.17) is 14.2 Å². The summed E-state index contributed by atoms with van der Waals surface area (Å²) in [5.41, 5.74) is 3.34. The van der Waals surface area contributed by atoms with Gasteiger partial charge in [0.25, 0.3) is 0 Å². The van der Waals surface area contributed by atoms with Gasteiger partial charge < -0.3 is 19.4 Å². The van der Waals surface area contributed by atoms with Crippen LogP contribution in [-0.4, -0.2) is 21.3 Å². The fourth-order valence-corrected chi connectivity index (χ4v) is 2.34. The van der Waals surface area contributed by atoms with Crippen LogP contribution >= 0.6 is 0 Å². The van der Waals surface area contributed by atoms with Crippen molar-refractivity contribution in [2.75, 3.05) is 21.3 Å². The van der Waals surface area contributed by atoms with Gasteiger partial charge in [0.15, 0.2) is 23.4 Å². The summed E-state index contributed by atoms with van der Waals surface area (Å²) in [5, 5.41) is 11.6. The molecule has 0 saturated heterocycles. The summed E-state index contributed by atoms with van der Waals surface area (Å²) in [6.07, 6.45) is 1.49. The largest absolute Gasteiger partial charge is 0.619 e. The van der Waals surface area contributed by atoms with Crippen LogP contribution in [-0.2, 0) is 0 Å². The first-order valence-electron chi connectivity index (χ1n) is 6.53. The van der Waals surface area contributed by atoms with Gasteiger partial charge >= 0.3 is 0 Å². The number of rotatable bonds is 4. The maximum Gasteiger partial charge on any atom is 0.203 e. The molecule has 1 aromatic carbocycles. The Bertz CT molecular complexity index is 668. The van der Waals surface area contributed by atoms with Gasteiger partial charge in [-0.2, -0.15) is 4.73 Å². The Kier molecular flexibility index (Phi) is 4.21. The van der Waals surface area contributed by atoms with Gasteiger partial charge in [0.2, 0.25) is 5.75 Å². The molecule has 0 aliphatic carbocycles. The molecule has 0 atom stereocenters. The van der Waals surface area contributed by atoms with E-state index in [9.17, 15) is 5.21 Å². The third-order valence-corrected chi connectivity index (χ3v) is 3.65. The van der Waals surface area contributed by atoms with Gasteiger partial charge in [-0.25, -0.2) is 0 Å². The third kappa shape index (κ3) is 2.46. The van der Waals surface area contributed by atoms with Gasteiger partial charge in [0.1, 0.15) is 0 Å². The molecule has 0 aliphatic heterocycles. The monoisotopic (exact) mass is 289 g/mol. The van der Waals surface area contributed by atoms with Crippen LogP contribution in [0.2, 0.25) is 0 Å². The Labute approximate surface area is 124 Å². The van der Waals surface area contributed by atoms with Crippen LogP contribution in [0.15, 0.2) is 24.4 Å². The first-order valence-corrected chi connectivity index (χ1v) is 6.53. The topological polar surface area (TPSA) is 54.6 Å². The summed E-state index contributed by atoms with van der Waals surface area (Å²) in [5.74, 6) is 1.72. The maximum atomic E-state index is 11.6. The average Bonchev–Trinajstić information content (AvgIpc) is 2.51. The molecule has 2 aromatic rings. The van der Waals surface area contributed by atoms with Crippen molar-refractivity contribution in [3.63, 3.8) is 0 Å². The van der Waals surface area contributed by atoms with E-state index >= 15 is 0 Å². The number of benzene rings is 1. The Morgan fingerprint density at radius 2 is 1.52 bits per heavy atom. The standard InChI is InChI=1S/C16H19NO4/c1-10-11(2)17(18)9-8-12(10)13-6-7-14(19-3)16(21-5)15(13)20-4/h6-9H,1-5H3. The lowest BCUT2D eigenvalue weighted by atomic mass is 9.99. The number of hydrogen-bond acceptors (Lipinski definition) is 4. The predicted molar refractivity (Wildman–Crippen MR) is 80.0 cm³/mol. The Balaban J connectivity index is 2.73. The molecule has 0 N–H and O–H groups in total. The van der Waals surface area contributed by atoms with E-state index in [2.05, 4.69) is 0 Å². The van der Waals surface area contributed by atoms with Crippen molar-refractivity contribution >= 4 is 0 Å². The van der Waals surface area contributed by atoms with Gasteiger partial charge in [-0.1, -0.05) is 0 Å². The van der Waals surface area contributed by atoms with Gasteiger partial charge in [0.05, 0.1) is 21.3 Å². The second-order valence-electron chi connectivity index (χ2n) is 4.65. The highest BCUT2D eigenvalue weighted by Gasteiger charge is 2.20. The minimum absolute atomic E-state index is 0.536. The number of pyridine rings is 1. The van der Waals surface area contributed by atoms with E-state index in [1.807, 2.05) is 19.1 Å². The van der Waals surface area contributed by atoms with Gasteiger partial charge in [-0.15, -0.1) is 0 Å². The second-order valence-corrected chi connectivity index (χ2v) is 4.65. The normalized spacial score (nSPS) is 10.3. The first-order chi connectivity index (χ1) is 10.0. The summed E-state index contributed by atoms with van der Waals surface area (Å²) in [6, 6.07) is 5.50. The van der Waals surface area contributed by atoms with Crippen LogP contribution in [0.25, 0.3) is 11.1 Å². The van der Waals surface area contributed by atoms with Gasteiger partial charge in [-0.05, 0) is 19.1 Å². The first kappa shape index (κ1) is 15.0. The summed E-state index contributed by atoms with van der Waals surface area (Å²) < 4.78 is 17.0.